The molecule has 116 valence electrons. The maximum Gasteiger partial charge on any atom is 0.242 e. The lowest BCUT2D eigenvalue weighted by Crippen LogP contribution is -2.49. The number of hydrogen-bond donors (Lipinski definition) is 1. The van der Waals surface area contributed by atoms with Crippen LogP contribution < -0.4 is 5.32 Å². The number of halogens is 1. The van der Waals surface area contributed by atoms with E-state index >= 15 is 0 Å². The van der Waals surface area contributed by atoms with Crippen molar-refractivity contribution in [3.05, 3.63) is 28.2 Å². The highest BCUT2D eigenvalue weighted by atomic mass is 79.9. The molecule has 0 bridgehead atoms. The number of hydrogen-bond acceptors (Lipinski definition) is 3. The van der Waals surface area contributed by atoms with Crippen molar-refractivity contribution < 1.29 is 13.2 Å². The van der Waals surface area contributed by atoms with Crippen LogP contribution in [0, 0.1) is 6.92 Å². The van der Waals surface area contributed by atoms with Gasteiger partial charge in [0.1, 0.15) is 6.04 Å². The molecule has 0 radical (unpaired) electrons. The third kappa shape index (κ3) is 4.05. The van der Waals surface area contributed by atoms with Crippen LogP contribution in [-0.2, 0) is 14.8 Å². The first-order valence-corrected chi connectivity index (χ1v) is 9.47. The fourth-order valence-corrected chi connectivity index (χ4v) is 4.15. The number of rotatable bonds is 3. The summed E-state index contributed by atoms with van der Waals surface area (Å²) in [7, 11) is -3.36. The predicted molar refractivity (Wildman–Crippen MR) is 86.7 cm³/mol. The summed E-state index contributed by atoms with van der Waals surface area (Å²) in [5.74, 6) is -0.259. The molecule has 1 atom stereocenters. The number of aryl methyl sites for hydroxylation is 1. The predicted octanol–water partition coefficient (Wildman–Crippen LogP) is 2.51. The number of piperidine rings is 1. The van der Waals surface area contributed by atoms with Crippen LogP contribution in [0.3, 0.4) is 0 Å². The van der Waals surface area contributed by atoms with E-state index in [1.807, 2.05) is 25.1 Å². The molecule has 1 aliphatic heterocycles. The molecule has 1 heterocycles. The van der Waals surface area contributed by atoms with Gasteiger partial charge < -0.3 is 5.32 Å². The monoisotopic (exact) mass is 374 g/mol. The Hall–Kier alpha value is -0.920. The first-order valence-electron chi connectivity index (χ1n) is 6.83. The van der Waals surface area contributed by atoms with Crippen molar-refractivity contribution in [2.45, 2.75) is 32.2 Å². The molecular formula is C14H19BrN2O3S. The normalized spacial score (nSPS) is 20.2. The average Bonchev–Trinajstić information content (AvgIpc) is 2.41. The zero-order valence-electron chi connectivity index (χ0n) is 12.1. The van der Waals surface area contributed by atoms with Gasteiger partial charge in [-0.1, -0.05) is 22.4 Å². The van der Waals surface area contributed by atoms with Crippen molar-refractivity contribution in [2.24, 2.45) is 0 Å². The minimum Gasteiger partial charge on any atom is -0.324 e. The highest BCUT2D eigenvalue weighted by molar-refractivity contribution is 9.10. The van der Waals surface area contributed by atoms with E-state index in [1.54, 1.807) is 0 Å². The molecule has 1 aliphatic rings. The summed E-state index contributed by atoms with van der Waals surface area (Å²) in [6.07, 6.45) is 3.38. The van der Waals surface area contributed by atoms with Crippen molar-refractivity contribution in [3.8, 4) is 0 Å². The van der Waals surface area contributed by atoms with Crippen LogP contribution in [0.1, 0.15) is 24.8 Å². The molecule has 1 fully saturated rings. The molecule has 5 nitrogen and oxygen atoms in total. The Morgan fingerprint density at radius 1 is 1.38 bits per heavy atom. The van der Waals surface area contributed by atoms with Gasteiger partial charge >= 0.3 is 0 Å². The Morgan fingerprint density at radius 3 is 2.71 bits per heavy atom. The Bertz CT molecular complexity index is 646. The highest BCUT2D eigenvalue weighted by Gasteiger charge is 2.34. The third-order valence-electron chi connectivity index (χ3n) is 3.63. The number of sulfonamides is 1. The lowest BCUT2D eigenvalue weighted by atomic mass is 10.0. The fraction of sp³-hybridized carbons (Fsp3) is 0.500. The van der Waals surface area contributed by atoms with Gasteiger partial charge in [-0.15, -0.1) is 0 Å². The van der Waals surface area contributed by atoms with Gasteiger partial charge in [0.05, 0.1) is 6.26 Å². The van der Waals surface area contributed by atoms with E-state index in [0.717, 1.165) is 29.1 Å². The van der Waals surface area contributed by atoms with Crippen molar-refractivity contribution in [3.63, 3.8) is 0 Å². The minimum atomic E-state index is -3.36. The Balaban J connectivity index is 2.18. The molecule has 1 unspecified atom stereocenters. The molecule has 7 heteroatoms. The van der Waals surface area contributed by atoms with Crippen LogP contribution in [0.25, 0.3) is 0 Å². The molecule has 0 aromatic heterocycles. The van der Waals surface area contributed by atoms with E-state index in [4.69, 9.17) is 0 Å². The second-order valence-electron chi connectivity index (χ2n) is 5.33. The molecule has 21 heavy (non-hydrogen) atoms. The Morgan fingerprint density at radius 2 is 2.10 bits per heavy atom. The van der Waals surface area contributed by atoms with Crippen LogP contribution in [0.2, 0.25) is 0 Å². The number of anilines is 1. The van der Waals surface area contributed by atoms with Crippen LogP contribution >= 0.6 is 15.9 Å². The maximum absolute atomic E-state index is 12.4. The summed E-state index contributed by atoms with van der Waals surface area (Å²) in [6.45, 7) is 2.31. The molecule has 1 amide bonds. The second-order valence-corrected chi connectivity index (χ2v) is 8.18. The minimum absolute atomic E-state index is 0.259. The van der Waals surface area contributed by atoms with E-state index in [1.165, 1.54) is 4.31 Å². The molecule has 1 aromatic rings. The van der Waals surface area contributed by atoms with E-state index < -0.39 is 16.1 Å². The average molecular weight is 375 g/mol. The molecule has 0 spiro atoms. The van der Waals surface area contributed by atoms with Crippen LogP contribution in [0.15, 0.2) is 22.7 Å². The van der Waals surface area contributed by atoms with Crippen molar-refractivity contribution in [1.82, 2.24) is 4.31 Å². The van der Waals surface area contributed by atoms with Crippen LogP contribution in [-0.4, -0.2) is 37.5 Å². The fourth-order valence-electron chi connectivity index (χ4n) is 2.55. The lowest BCUT2D eigenvalue weighted by Gasteiger charge is -2.32. The van der Waals surface area contributed by atoms with Gasteiger partial charge in [0, 0.05) is 16.7 Å². The molecule has 0 saturated carbocycles. The third-order valence-corrected chi connectivity index (χ3v) is 5.41. The van der Waals surface area contributed by atoms with E-state index in [0.29, 0.717) is 18.7 Å². The number of benzene rings is 1. The molecule has 1 N–H and O–H groups in total. The number of nitrogens with one attached hydrogen (secondary N) is 1. The van der Waals surface area contributed by atoms with E-state index in [-0.39, 0.29) is 5.91 Å². The van der Waals surface area contributed by atoms with Gasteiger partial charge in [-0.25, -0.2) is 8.42 Å². The van der Waals surface area contributed by atoms with Gasteiger partial charge in [-0.05, 0) is 43.5 Å². The Kier molecular flexibility index (Phi) is 5.06. The second kappa shape index (κ2) is 6.46. The number of amides is 1. The summed E-state index contributed by atoms with van der Waals surface area (Å²) in [5.41, 5.74) is 1.64. The number of nitrogens with zero attached hydrogens (tertiary/aromatic N) is 1. The summed E-state index contributed by atoms with van der Waals surface area (Å²) in [4.78, 5) is 12.4. The summed E-state index contributed by atoms with van der Waals surface area (Å²) in [5, 5.41) is 2.84. The molecule has 1 aromatic carbocycles. The molecular weight excluding hydrogens is 356 g/mol. The highest BCUT2D eigenvalue weighted by Crippen LogP contribution is 2.24. The SMILES string of the molecule is Cc1cc(Br)ccc1NC(=O)C1CCCCN1S(C)(=O)=O. The van der Waals surface area contributed by atoms with E-state index in [9.17, 15) is 13.2 Å². The van der Waals surface area contributed by atoms with Gasteiger partial charge in [-0.2, -0.15) is 4.31 Å². The van der Waals surface area contributed by atoms with Gasteiger partial charge in [-0.3, -0.25) is 4.79 Å². The quantitative estimate of drug-likeness (QED) is 0.883. The summed E-state index contributed by atoms with van der Waals surface area (Å²) < 4.78 is 25.9. The van der Waals surface area contributed by atoms with Gasteiger partial charge in [0.25, 0.3) is 0 Å². The largest absolute Gasteiger partial charge is 0.324 e. The first-order chi connectivity index (χ1) is 9.79. The zero-order valence-corrected chi connectivity index (χ0v) is 14.5. The summed E-state index contributed by atoms with van der Waals surface area (Å²) in [6, 6.07) is 4.95. The smallest absolute Gasteiger partial charge is 0.242 e. The van der Waals surface area contributed by atoms with E-state index in [2.05, 4.69) is 21.2 Å². The van der Waals surface area contributed by atoms with Crippen molar-refractivity contribution in [2.75, 3.05) is 18.1 Å². The van der Waals surface area contributed by atoms with Crippen LogP contribution in [0.5, 0.6) is 0 Å². The topological polar surface area (TPSA) is 66.5 Å². The maximum atomic E-state index is 12.4. The Labute approximate surface area is 133 Å². The van der Waals surface area contributed by atoms with Gasteiger partial charge in [0.15, 0.2) is 0 Å². The number of carbonyl (C=O) groups excluding carboxylic acids is 1. The van der Waals surface area contributed by atoms with Crippen molar-refractivity contribution in [1.29, 1.82) is 0 Å². The first kappa shape index (κ1) is 16.5. The lowest BCUT2D eigenvalue weighted by molar-refractivity contribution is -0.120. The standard InChI is InChI=1S/C14H19BrN2O3S/c1-10-9-11(15)6-7-12(10)16-14(18)13-5-3-4-8-17(13)21(2,19)20/h6-7,9,13H,3-5,8H2,1-2H3,(H,16,18). The molecule has 1 saturated heterocycles. The van der Waals surface area contributed by atoms with Crippen molar-refractivity contribution >= 4 is 37.5 Å². The molecule has 0 aliphatic carbocycles. The molecule has 2 rings (SSSR count). The summed E-state index contributed by atoms with van der Waals surface area (Å²) >= 11 is 3.37. The zero-order chi connectivity index (χ0) is 15.6. The van der Waals surface area contributed by atoms with Crippen LogP contribution in [0.4, 0.5) is 5.69 Å². The van der Waals surface area contributed by atoms with Gasteiger partial charge in [0.2, 0.25) is 15.9 Å². The number of carbonyl (C=O) groups is 1.